The van der Waals surface area contributed by atoms with Gasteiger partial charge in [0.05, 0.1) is 12.8 Å². The number of anilines is 2. The van der Waals surface area contributed by atoms with Crippen LogP contribution in [-0.4, -0.2) is 43.8 Å². The number of carbonyl (C=O) groups is 3. The maximum Gasteiger partial charge on any atom is 0.407 e. The van der Waals surface area contributed by atoms with E-state index in [4.69, 9.17) is 9.47 Å². The highest BCUT2D eigenvalue weighted by atomic mass is 16.6. The second-order valence-electron chi connectivity index (χ2n) is 6.79. The standard InChI is InChI=1S/C19H28N4O5/c1-13(24)22-15-9-8-14(12-16(15)27-5)23-17(25)20-10-6-7-11-21-18(26)28-19(2,3)4/h6-9,12H,10-11H2,1-5H3,(H,21,26)(H,22,24)(H2,20,23,25). The largest absolute Gasteiger partial charge is 0.494 e. The summed E-state index contributed by atoms with van der Waals surface area (Å²) in [5.41, 5.74) is 0.483. The Kier molecular flexibility index (Phi) is 8.80. The zero-order valence-corrected chi connectivity index (χ0v) is 16.8. The van der Waals surface area contributed by atoms with E-state index in [1.54, 1.807) is 51.1 Å². The van der Waals surface area contributed by atoms with Gasteiger partial charge in [0.25, 0.3) is 0 Å². The molecular formula is C19H28N4O5. The van der Waals surface area contributed by atoms with Gasteiger partial charge in [0.2, 0.25) is 5.91 Å². The van der Waals surface area contributed by atoms with Crippen LogP contribution in [0.1, 0.15) is 27.7 Å². The average molecular weight is 392 g/mol. The molecule has 0 aromatic heterocycles. The van der Waals surface area contributed by atoms with Gasteiger partial charge in [-0.05, 0) is 32.9 Å². The Labute approximate surface area is 164 Å². The van der Waals surface area contributed by atoms with E-state index in [1.165, 1.54) is 14.0 Å². The fourth-order valence-electron chi connectivity index (χ4n) is 2.01. The number of hydrogen-bond acceptors (Lipinski definition) is 5. The molecule has 1 rings (SSSR count). The normalized spacial score (nSPS) is 10.9. The van der Waals surface area contributed by atoms with Gasteiger partial charge in [-0.25, -0.2) is 9.59 Å². The molecule has 0 saturated carbocycles. The van der Waals surface area contributed by atoms with Crippen LogP contribution in [0.25, 0.3) is 0 Å². The average Bonchev–Trinajstić information content (AvgIpc) is 2.57. The summed E-state index contributed by atoms with van der Waals surface area (Å²) in [6.45, 7) is 7.33. The van der Waals surface area contributed by atoms with Crippen molar-refractivity contribution in [2.75, 3.05) is 30.8 Å². The first kappa shape index (κ1) is 22.8. The lowest BCUT2D eigenvalue weighted by molar-refractivity contribution is -0.114. The Bertz CT molecular complexity index is 726. The minimum atomic E-state index is -0.545. The summed E-state index contributed by atoms with van der Waals surface area (Å²) >= 11 is 0. The van der Waals surface area contributed by atoms with Crippen LogP contribution < -0.4 is 26.0 Å². The number of alkyl carbamates (subject to hydrolysis) is 1. The van der Waals surface area contributed by atoms with Crippen LogP contribution in [0.5, 0.6) is 5.75 Å². The molecule has 9 heteroatoms. The van der Waals surface area contributed by atoms with E-state index >= 15 is 0 Å². The summed E-state index contributed by atoms with van der Waals surface area (Å²) in [6, 6.07) is 4.48. The number of carbonyl (C=O) groups excluding carboxylic acids is 3. The summed E-state index contributed by atoms with van der Waals surface area (Å²) in [6.07, 6.45) is 2.91. The maximum atomic E-state index is 11.9. The van der Waals surface area contributed by atoms with Gasteiger partial charge in [-0.15, -0.1) is 0 Å². The first-order chi connectivity index (χ1) is 13.1. The summed E-state index contributed by atoms with van der Waals surface area (Å²) in [5, 5.41) is 10.5. The van der Waals surface area contributed by atoms with Crippen LogP contribution in [0.3, 0.4) is 0 Å². The highest BCUT2D eigenvalue weighted by Gasteiger charge is 2.15. The van der Waals surface area contributed by atoms with Crippen molar-refractivity contribution in [3.63, 3.8) is 0 Å². The van der Waals surface area contributed by atoms with E-state index in [1.807, 2.05) is 0 Å². The van der Waals surface area contributed by atoms with E-state index in [0.29, 0.717) is 23.7 Å². The molecule has 0 fully saturated rings. The van der Waals surface area contributed by atoms with Gasteiger partial charge in [0.1, 0.15) is 11.4 Å². The van der Waals surface area contributed by atoms with Crippen molar-refractivity contribution in [3.8, 4) is 5.75 Å². The van der Waals surface area contributed by atoms with Crippen molar-refractivity contribution >= 4 is 29.4 Å². The lowest BCUT2D eigenvalue weighted by atomic mass is 10.2. The molecule has 154 valence electrons. The Morgan fingerprint density at radius 1 is 1.04 bits per heavy atom. The molecule has 0 atom stereocenters. The number of benzene rings is 1. The van der Waals surface area contributed by atoms with Crippen LogP contribution in [0.2, 0.25) is 0 Å². The lowest BCUT2D eigenvalue weighted by Crippen LogP contribution is -2.32. The summed E-state index contributed by atoms with van der Waals surface area (Å²) in [5.74, 6) is 0.214. The number of rotatable bonds is 7. The lowest BCUT2D eigenvalue weighted by Gasteiger charge is -2.19. The molecule has 0 saturated heterocycles. The first-order valence-corrected chi connectivity index (χ1v) is 8.73. The zero-order valence-electron chi connectivity index (χ0n) is 16.8. The highest BCUT2D eigenvalue weighted by molar-refractivity contribution is 5.93. The highest BCUT2D eigenvalue weighted by Crippen LogP contribution is 2.27. The number of amides is 4. The first-order valence-electron chi connectivity index (χ1n) is 8.73. The van der Waals surface area contributed by atoms with Crippen molar-refractivity contribution < 1.29 is 23.9 Å². The number of hydrogen-bond donors (Lipinski definition) is 4. The molecule has 1 aromatic rings. The van der Waals surface area contributed by atoms with Gasteiger partial charge in [0, 0.05) is 31.8 Å². The van der Waals surface area contributed by atoms with Gasteiger partial charge in [-0.2, -0.15) is 0 Å². The van der Waals surface area contributed by atoms with Crippen LogP contribution in [0.15, 0.2) is 30.4 Å². The molecule has 0 aliphatic carbocycles. The predicted octanol–water partition coefficient (Wildman–Crippen LogP) is 2.86. The fraction of sp³-hybridized carbons (Fsp3) is 0.421. The fourth-order valence-corrected chi connectivity index (χ4v) is 2.01. The molecule has 4 N–H and O–H groups in total. The van der Waals surface area contributed by atoms with E-state index in [9.17, 15) is 14.4 Å². The Hall–Kier alpha value is -3.23. The second-order valence-corrected chi connectivity index (χ2v) is 6.79. The third kappa shape index (κ3) is 9.46. The number of urea groups is 1. The van der Waals surface area contributed by atoms with E-state index in [-0.39, 0.29) is 12.5 Å². The monoisotopic (exact) mass is 392 g/mol. The minimum Gasteiger partial charge on any atom is -0.494 e. The van der Waals surface area contributed by atoms with E-state index in [0.717, 1.165) is 0 Å². The third-order valence-corrected chi connectivity index (χ3v) is 3.08. The van der Waals surface area contributed by atoms with Gasteiger partial charge in [0.15, 0.2) is 0 Å². The molecular weight excluding hydrogens is 364 g/mol. The molecule has 9 nitrogen and oxygen atoms in total. The van der Waals surface area contributed by atoms with E-state index in [2.05, 4.69) is 21.3 Å². The van der Waals surface area contributed by atoms with Crippen LogP contribution in [0, 0.1) is 0 Å². The van der Waals surface area contributed by atoms with E-state index < -0.39 is 17.7 Å². The molecule has 0 heterocycles. The molecule has 0 aliphatic rings. The topological polar surface area (TPSA) is 118 Å². The third-order valence-electron chi connectivity index (χ3n) is 3.08. The molecule has 0 aliphatic heterocycles. The number of ether oxygens (including phenoxy) is 2. The predicted molar refractivity (Wildman–Crippen MR) is 108 cm³/mol. The van der Waals surface area contributed by atoms with Crippen molar-refractivity contribution in [1.82, 2.24) is 10.6 Å². The summed E-state index contributed by atoms with van der Waals surface area (Å²) < 4.78 is 10.3. The van der Waals surface area contributed by atoms with Gasteiger partial charge >= 0.3 is 12.1 Å². The maximum absolute atomic E-state index is 11.9. The number of methoxy groups -OCH3 is 1. The molecule has 0 radical (unpaired) electrons. The van der Waals surface area contributed by atoms with Crippen molar-refractivity contribution in [2.24, 2.45) is 0 Å². The smallest absolute Gasteiger partial charge is 0.407 e. The summed E-state index contributed by atoms with van der Waals surface area (Å²) in [4.78, 5) is 34.5. The van der Waals surface area contributed by atoms with Crippen molar-refractivity contribution in [1.29, 1.82) is 0 Å². The quantitative estimate of drug-likeness (QED) is 0.532. The molecule has 1 aromatic carbocycles. The molecule has 4 amide bonds. The molecule has 0 spiro atoms. The van der Waals surface area contributed by atoms with Gasteiger partial charge in [-0.1, -0.05) is 12.2 Å². The molecule has 28 heavy (non-hydrogen) atoms. The van der Waals surface area contributed by atoms with Crippen molar-refractivity contribution in [3.05, 3.63) is 30.4 Å². The Morgan fingerprint density at radius 2 is 1.68 bits per heavy atom. The zero-order chi connectivity index (χ0) is 21.2. The van der Waals surface area contributed by atoms with Crippen LogP contribution in [0.4, 0.5) is 21.0 Å². The number of nitrogens with one attached hydrogen (secondary N) is 4. The minimum absolute atomic E-state index is 0.218. The Morgan fingerprint density at radius 3 is 2.25 bits per heavy atom. The van der Waals surface area contributed by atoms with Gasteiger partial charge in [-0.3, -0.25) is 4.79 Å². The molecule has 0 unspecified atom stereocenters. The van der Waals surface area contributed by atoms with Gasteiger partial charge < -0.3 is 30.7 Å². The Balaban J connectivity index is 2.38. The summed E-state index contributed by atoms with van der Waals surface area (Å²) in [7, 11) is 1.47. The SMILES string of the molecule is COc1cc(NC(=O)NCC=CCNC(=O)OC(C)(C)C)ccc1NC(C)=O. The molecule has 0 bridgehead atoms. The van der Waals surface area contributed by atoms with Crippen LogP contribution in [-0.2, 0) is 9.53 Å². The van der Waals surface area contributed by atoms with Crippen molar-refractivity contribution in [2.45, 2.75) is 33.3 Å². The second kappa shape index (κ2) is 10.8. The van der Waals surface area contributed by atoms with Crippen LogP contribution >= 0.6 is 0 Å².